The van der Waals surface area contributed by atoms with Gasteiger partial charge in [0.05, 0.1) is 12.1 Å². The summed E-state index contributed by atoms with van der Waals surface area (Å²) in [5.74, 6) is 0.373. The lowest BCUT2D eigenvalue weighted by molar-refractivity contribution is 0.0950. The first kappa shape index (κ1) is 15.1. The number of pyridine rings is 2. The van der Waals surface area contributed by atoms with Gasteiger partial charge in [0.1, 0.15) is 0 Å². The normalized spacial score (nSPS) is 11.1. The highest BCUT2D eigenvalue weighted by Gasteiger charge is 2.14. The number of benzene rings is 1. The fraction of sp³-hybridized carbons (Fsp3) is 0.111. The molecule has 1 amide bonds. The lowest BCUT2D eigenvalue weighted by atomic mass is 10.1. The SMILES string of the molecule is Cn1cc(C(=O)NCc2nnc3ccccn23)c2ccccc2c1=O. The van der Waals surface area contributed by atoms with Crippen molar-refractivity contribution in [1.29, 1.82) is 0 Å². The summed E-state index contributed by atoms with van der Waals surface area (Å²) >= 11 is 0. The van der Waals surface area contributed by atoms with Crippen LogP contribution in [0.1, 0.15) is 16.2 Å². The summed E-state index contributed by atoms with van der Waals surface area (Å²) in [6.07, 6.45) is 3.40. The van der Waals surface area contributed by atoms with Gasteiger partial charge in [-0.1, -0.05) is 24.3 Å². The van der Waals surface area contributed by atoms with Gasteiger partial charge in [-0.2, -0.15) is 0 Å². The van der Waals surface area contributed by atoms with Crippen LogP contribution in [0.2, 0.25) is 0 Å². The van der Waals surface area contributed by atoms with Gasteiger partial charge in [-0.25, -0.2) is 0 Å². The van der Waals surface area contributed by atoms with E-state index in [4.69, 9.17) is 0 Å². The number of aromatic nitrogens is 4. The number of carbonyl (C=O) groups is 1. The molecule has 0 saturated heterocycles. The summed E-state index contributed by atoms with van der Waals surface area (Å²) in [6.45, 7) is 0.237. The van der Waals surface area contributed by atoms with Gasteiger partial charge in [0.15, 0.2) is 11.5 Å². The second-order valence-electron chi connectivity index (χ2n) is 5.73. The monoisotopic (exact) mass is 333 g/mol. The first-order chi connectivity index (χ1) is 12.1. The van der Waals surface area contributed by atoms with Gasteiger partial charge in [0.2, 0.25) is 0 Å². The van der Waals surface area contributed by atoms with Crippen molar-refractivity contribution in [3.63, 3.8) is 0 Å². The third kappa shape index (κ3) is 2.55. The summed E-state index contributed by atoms with van der Waals surface area (Å²) in [6, 6.07) is 12.7. The Morgan fingerprint density at radius 1 is 1.08 bits per heavy atom. The van der Waals surface area contributed by atoms with Gasteiger partial charge >= 0.3 is 0 Å². The minimum absolute atomic E-state index is 0.129. The van der Waals surface area contributed by atoms with Crippen molar-refractivity contribution in [1.82, 2.24) is 24.5 Å². The first-order valence-corrected chi connectivity index (χ1v) is 7.80. The molecule has 25 heavy (non-hydrogen) atoms. The summed E-state index contributed by atoms with van der Waals surface area (Å²) in [4.78, 5) is 24.9. The molecule has 0 bridgehead atoms. The number of hydrogen-bond acceptors (Lipinski definition) is 4. The molecule has 0 radical (unpaired) electrons. The van der Waals surface area contributed by atoms with Gasteiger partial charge in [-0.05, 0) is 18.2 Å². The minimum Gasteiger partial charge on any atom is -0.345 e. The van der Waals surface area contributed by atoms with E-state index in [1.165, 1.54) is 4.57 Å². The molecule has 3 aromatic heterocycles. The minimum atomic E-state index is -0.264. The third-order valence-corrected chi connectivity index (χ3v) is 4.13. The fourth-order valence-corrected chi connectivity index (χ4v) is 2.86. The standard InChI is InChI=1S/C18H15N5O2/c1-22-11-14(12-6-2-3-7-13(12)18(22)25)17(24)19-10-16-21-20-15-8-4-5-9-23(15)16/h2-9,11H,10H2,1H3,(H,19,24). The molecule has 4 aromatic rings. The van der Waals surface area contributed by atoms with E-state index in [9.17, 15) is 9.59 Å². The third-order valence-electron chi connectivity index (χ3n) is 4.13. The van der Waals surface area contributed by atoms with E-state index >= 15 is 0 Å². The van der Waals surface area contributed by atoms with Crippen LogP contribution in [0.4, 0.5) is 0 Å². The van der Waals surface area contributed by atoms with Crippen molar-refractivity contribution in [2.45, 2.75) is 6.54 Å². The molecule has 3 heterocycles. The highest BCUT2D eigenvalue weighted by molar-refractivity contribution is 6.06. The topological polar surface area (TPSA) is 81.3 Å². The van der Waals surface area contributed by atoms with Crippen molar-refractivity contribution in [3.8, 4) is 0 Å². The average Bonchev–Trinajstić information content (AvgIpc) is 3.06. The van der Waals surface area contributed by atoms with Crippen molar-refractivity contribution in [2.24, 2.45) is 7.05 Å². The molecule has 7 heteroatoms. The number of hydrogen-bond donors (Lipinski definition) is 1. The summed E-state index contributed by atoms with van der Waals surface area (Å²) in [5, 5.41) is 12.2. The highest BCUT2D eigenvalue weighted by Crippen LogP contribution is 2.15. The van der Waals surface area contributed by atoms with Gasteiger partial charge in [-0.3, -0.25) is 14.0 Å². The van der Waals surface area contributed by atoms with Crippen molar-refractivity contribution >= 4 is 22.3 Å². The van der Waals surface area contributed by atoms with Crippen molar-refractivity contribution < 1.29 is 4.79 Å². The number of aryl methyl sites for hydroxylation is 1. The number of rotatable bonds is 3. The Labute approximate surface area is 142 Å². The number of carbonyl (C=O) groups excluding carboxylic acids is 1. The molecular weight excluding hydrogens is 318 g/mol. The zero-order valence-electron chi connectivity index (χ0n) is 13.5. The molecule has 0 saturated carbocycles. The van der Waals surface area contributed by atoms with E-state index in [0.717, 1.165) is 5.65 Å². The van der Waals surface area contributed by atoms with Crippen LogP contribution in [0.25, 0.3) is 16.4 Å². The fourth-order valence-electron chi connectivity index (χ4n) is 2.86. The molecule has 0 atom stereocenters. The largest absolute Gasteiger partial charge is 0.345 e. The zero-order valence-corrected chi connectivity index (χ0v) is 13.5. The average molecular weight is 333 g/mol. The maximum atomic E-state index is 12.7. The van der Waals surface area contributed by atoms with E-state index in [1.807, 2.05) is 34.9 Å². The molecule has 0 spiro atoms. The maximum absolute atomic E-state index is 12.7. The van der Waals surface area contributed by atoms with E-state index in [1.54, 1.807) is 31.4 Å². The number of nitrogens with zero attached hydrogens (tertiary/aromatic N) is 4. The van der Waals surface area contributed by atoms with Crippen LogP contribution in [0.3, 0.4) is 0 Å². The second-order valence-corrected chi connectivity index (χ2v) is 5.73. The molecule has 0 aliphatic rings. The van der Waals surface area contributed by atoms with E-state index in [-0.39, 0.29) is 18.0 Å². The zero-order chi connectivity index (χ0) is 17.4. The Morgan fingerprint density at radius 3 is 2.68 bits per heavy atom. The quantitative estimate of drug-likeness (QED) is 0.616. The Kier molecular flexibility index (Phi) is 3.53. The molecule has 124 valence electrons. The lowest BCUT2D eigenvalue weighted by Gasteiger charge is -2.09. The van der Waals surface area contributed by atoms with E-state index in [0.29, 0.717) is 22.2 Å². The molecule has 7 nitrogen and oxygen atoms in total. The van der Waals surface area contributed by atoms with Gasteiger partial charge < -0.3 is 9.88 Å². The first-order valence-electron chi connectivity index (χ1n) is 7.80. The summed E-state index contributed by atoms with van der Waals surface area (Å²) in [7, 11) is 1.64. The van der Waals surface area contributed by atoms with E-state index < -0.39 is 0 Å². The van der Waals surface area contributed by atoms with Gasteiger partial charge in [0.25, 0.3) is 11.5 Å². The van der Waals surface area contributed by atoms with Crippen molar-refractivity contribution in [3.05, 3.63) is 76.6 Å². The predicted octanol–water partition coefficient (Wildman–Crippen LogP) is 1.51. The molecule has 0 aliphatic heterocycles. The maximum Gasteiger partial charge on any atom is 0.258 e. The van der Waals surface area contributed by atoms with Crippen LogP contribution in [0, 0.1) is 0 Å². The number of amides is 1. The molecule has 0 fully saturated rings. The molecule has 1 aromatic carbocycles. The number of fused-ring (bicyclic) bond motifs is 2. The van der Waals surface area contributed by atoms with Gasteiger partial charge in [0, 0.05) is 30.2 Å². The summed E-state index contributed by atoms with van der Waals surface area (Å²) < 4.78 is 3.24. The Hall–Kier alpha value is -3.48. The molecule has 4 rings (SSSR count). The molecule has 1 N–H and O–H groups in total. The van der Waals surface area contributed by atoms with Crippen LogP contribution in [-0.2, 0) is 13.6 Å². The number of nitrogens with one attached hydrogen (secondary N) is 1. The highest BCUT2D eigenvalue weighted by atomic mass is 16.2. The predicted molar refractivity (Wildman–Crippen MR) is 93.3 cm³/mol. The smallest absolute Gasteiger partial charge is 0.258 e. The van der Waals surface area contributed by atoms with Crippen LogP contribution < -0.4 is 10.9 Å². The molecule has 0 unspecified atom stereocenters. The molecular formula is C18H15N5O2. The Bertz CT molecular complexity index is 1160. The molecule has 0 aliphatic carbocycles. The second kappa shape index (κ2) is 5.86. The van der Waals surface area contributed by atoms with Crippen molar-refractivity contribution in [2.75, 3.05) is 0 Å². The van der Waals surface area contributed by atoms with Crippen LogP contribution in [0.5, 0.6) is 0 Å². The van der Waals surface area contributed by atoms with Crippen LogP contribution in [-0.4, -0.2) is 25.1 Å². The lowest BCUT2D eigenvalue weighted by Crippen LogP contribution is -2.27. The van der Waals surface area contributed by atoms with Gasteiger partial charge in [-0.15, -0.1) is 10.2 Å². The van der Waals surface area contributed by atoms with E-state index in [2.05, 4.69) is 15.5 Å². The Balaban J connectivity index is 1.67. The Morgan fingerprint density at radius 2 is 1.84 bits per heavy atom. The van der Waals surface area contributed by atoms with Crippen LogP contribution in [0.15, 0.2) is 59.7 Å². The van der Waals surface area contributed by atoms with Crippen LogP contribution >= 0.6 is 0 Å². The summed E-state index contributed by atoms with van der Waals surface area (Å²) in [5.41, 5.74) is 1.04.